The van der Waals surface area contributed by atoms with Crippen molar-refractivity contribution in [3.63, 3.8) is 0 Å². The van der Waals surface area contributed by atoms with Gasteiger partial charge in [0.2, 0.25) is 0 Å². The van der Waals surface area contributed by atoms with Crippen molar-refractivity contribution in [3.8, 4) is 0 Å². The molecule has 1 amide bonds. The summed E-state index contributed by atoms with van der Waals surface area (Å²) in [6.45, 7) is 7.89. The van der Waals surface area contributed by atoms with E-state index in [1.54, 1.807) is 0 Å². The first-order valence-corrected chi connectivity index (χ1v) is 7.53. The normalized spacial score (nSPS) is 12.4. The van der Waals surface area contributed by atoms with Crippen LogP contribution in [-0.2, 0) is 4.79 Å². The minimum Gasteiger partial charge on any atom is -0.480 e. The summed E-state index contributed by atoms with van der Waals surface area (Å²) in [5.41, 5.74) is 1.23. The van der Waals surface area contributed by atoms with Crippen molar-refractivity contribution in [3.05, 3.63) is 17.5 Å². The van der Waals surface area contributed by atoms with Crippen molar-refractivity contribution in [2.75, 3.05) is 0 Å². The molecule has 1 atom stereocenters. The number of hydrogen-bond acceptors (Lipinski definition) is 3. The summed E-state index contributed by atoms with van der Waals surface area (Å²) in [7, 11) is 0. The Morgan fingerprint density at radius 3 is 2.43 bits per heavy atom. The van der Waals surface area contributed by atoms with Gasteiger partial charge in [-0.3, -0.25) is 9.48 Å². The Morgan fingerprint density at radius 2 is 1.95 bits per heavy atom. The van der Waals surface area contributed by atoms with Gasteiger partial charge in [-0.05, 0) is 26.2 Å². The molecule has 0 aliphatic rings. The second-order valence-electron chi connectivity index (χ2n) is 5.21. The Kier molecular flexibility index (Phi) is 6.39. The second-order valence-corrected chi connectivity index (χ2v) is 5.21. The van der Waals surface area contributed by atoms with Crippen LogP contribution in [0, 0.1) is 6.92 Å². The number of hydrogen-bond donors (Lipinski definition) is 2. The molecule has 0 aliphatic heterocycles. The molecule has 1 aromatic heterocycles. The molecule has 6 heteroatoms. The first-order chi connectivity index (χ1) is 9.96. The minimum atomic E-state index is -1.00. The number of carbonyl (C=O) groups excluding carboxylic acids is 1. The van der Waals surface area contributed by atoms with Crippen LogP contribution in [0.3, 0.4) is 0 Å². The summed E-state index contributed by atoms with van der Waals surface area (Å²) in [4.78, 5) is 23.4. The number of aliphatic carboxylic acids is 1. The van der Waals surface area contributed by atoms with Crippen LogP contribution in [0.2, 0.25) is 0 Å². The van der Waals surface area contributed by atoms with Crippen molar-refractivity contribution in [1.29, 1.82) is 0 Å². The molecule has 0 saturated heterocycles. The van der Waals surface area contributed by atoms with Crippen LogP contribution in [0.25, 0.3) is 0 Å². The maximum Gasteiger partial charge on any atom is 0.326 e. The van der Waals surface area contributed by atoms with E-state index >= 15 is 0 Å². The molecule has 0 aliphatic carbocycles. The smallest absolute Gasteiger partial charge is 0.326 e. The van der Waals surface area contributed by atoms with Gasteiger partial charge in [-0.25, -0.2) is 4.79 Å². The van der Waals surface area contributed by atoms with E-state index in [1.807, 2.05) is 18.5 Å². The molecule has 0 saturated carbocycles. The fourth-order valence-electron chi connectivity index (χ4n) is 2.43. The van der Waals surface area contributed by atoms with E-state index in [4.69, 9.17) is 5.11 Å². The van der Waals surface area contributed by atoms with E-state index in [-0.39, 0.29) is 11.9 Å². The quantitative estimate of drug-likeness (QED) is 0.772. The van der Waals surface area contributed by atoms with E-state index in [0.717, 1.165) is 18.5 Å². The van der Waals surface area contributed by atoms with E-state index < -0.39 is 12.0 Å². The fourth-order valence-corrected chi connectivity index (χ4v) is 2.43. The molecule has 21 heavy (non-hydrogen) atoms. The number of aromatic nitrogens is 2. The summed E-state index contributed by atoms with van der Waals surface area (Å²) in [6.07, 6.45) is 4.51. The van der Waals surface area contributed by atoms with Gasteiger partial charge >= 0.3 is 5.97 Å². The van der Waals surface area contributed by atoms with E-state index in [9.17, 15) is 9.59 Å². The lowest BCUT2D eigenvalue weighted by atomic mass is 10.1. The highest BCUT2D eigenvalue weighted by Crippen LogP contribution is 2.19. The van der Waals surface area contributed by atoms with Gasteiger partial charge in [-0.15, -0.1) is 0 Å². The first kappa shape index (κ1) is 17.2. The van der Waals surface area contributed by atoms with Gasteiger partial charge in [0.1, 0.15) is 6.04 Å². The Labute approximate surface area is 125 Å². The van der Waals surface area contributed by atoms with Gasteiger partial charge in [-0.2, -0.15) is 5.10 Å². The van der Waals surface area contributed by atoms with Crippen molar-refractivity contribution >= 4 is 11.9 Å². The van der Waals surface area contributed by atoms with Gasteiger partial charge in [0.25, 0.3) is 5.91 Å². The van der Waals surface area contributed by atoms with Crippen molar-refractivity contribution in [1.82, 2.24) is 15.1 Å². The van der Waals surface area contributed by atoms with Crippen molar-refractivity contribution < 1.29 is 14.7 Å². The van der Waals surface area contributed by atoms with E-state index in [2.05, 4.69) is 24.3 Å². The number of nitrogens with one attached hydrogen (secondary N) is 1. The zero-order valence-electron chi connectivity index (χ0n) is 13.2. The van der Waals surface area contributed by atoms with Crippen LogP contribution in [0.1, 0.15) is 68.5 Å². The molecule has 1 aromatic rings. The highest BCUT2D eigenvalue weighted by molar-refractivity contribution is 5.97. The lowest BCUT2D eigenvalue weighted by molar-refractivity contribution is -0.139. The molecule has 0 fully saturated rings. The SMILES string of the molecule is CCCC(NC(=O)c1cnn(C(CC)CC)c1C)C(=O)O. The Balaban J connectivity index is 2.91. The van der Waals surface area contributed by atoms with Crippen LogP contribution in [0.15, 0.2) is 6.20 Å². The summed E-state index contributed by atoms with van der Waals surface area (Å²) >= 11 is 0. The van der Waals surface area contributed by atoms with Gasteiger partial charge in [0, 0.05) is 5.69 Å². The fraction of sp³-hybridized carbons (Fsp3) is 0.667. The topological polar surface area (TPSA) is 84.2 Å². The standard InChI is InChI=1S/C15H25N3O3/c1-5-8-13(15(20)21)17-14(19)12-9-16-18(10(12)4)11(6-2)7-3/h9,11,13H,5-8H2,1-4H3,(H,17,19)(H,20,21). The Hall–Kier alpha value is -1.85. The monoisotopic (exact) mass is 295 g/mol. The molecule has 0 radical (unpaired) electrons. The second kappa shape index (κ2) is 7.81. The predicted molar refractivity (Wildman–Crippen MR) is 80.4 cm³/mol. The largest absolute Gasteiger partial charge is 0.480 e. The molecular weight excluding hydrogens is 270 g/mol. The predicted octanol–water partition coefficient (Wildman–Crippen LogP) is 2.54. The average Bonchev–Trinajstić information content (AvgIpc) is 2.82. The number of carboxylic acid groups (broad SMARTS) is 1. The van der Waals surface area contributed by atoms with Crippen LogP contribution in [-0.4, -0.2) is 32.8 Å². The summed E-state index contributed by atoms with van der Waals surface area (Å²) in [5, 5.41) is 16.0. The van der Waals surface area contributed by atoms with Gasteiger partial charge < -0.3 is 10.4 Å². The summed E-state index contributed by atoms with van der Waals surface area (Å²) < 4.78 is 1.85. The van der Waals surface area contributed by atoms with E-state index in [0.29, 0.717) is 18.4 Å². The molecule has 1 rings (SSSR count). The molecule has 0 aromatic carbocycles. The highest BCUT2D eigenvalue weighted by Gasteiger charge is 2.23. The van der Waals surface area contributed by atoms with Crippen LogP contribution >= 0.6 is 0 Å². The van der Waals surface area contributed by atoms with Gasteiger partial charge in [0.15, 0.2) is 0 Å². The summed E-state index contributed by atoms with van der Waals surface area (Å²) in [6, 6.07) is -0.587. The zero-order chi connectivity index (χ0) is 16.0. The third-order valence-electron chi connectivity index (χ3n) is 3.76. The number of carboxylic acids is 1. The van der Waals surface area contributed by atoms with Gasteiger partial charge in [-0.1, -0.05) is 27.2 Å². The number of nitrogens with zero attached hydrogens (tertiary/aromatic N) is 2. The lowest BCUT2D eigenvalue weighted by Gasteiger charge is -2.16. The number of amides is 1. The molecule has 1 unspecified atom stereocenters. The third kappa shape index (κ3) is 4.06. The van der Waals surface area contributed by atoms with E-state index in [1.165, 1.54) is 6.20 Å². The van der Waals surface area contributed by atoms with Crippen LogP contribution in [0.4, 0.5) is 0 Å². The third-order valence-corrected chi connectivity index (χ3v) is 3.76. The minimum absolute atomic E-state index is 0.262. The van der Waals surface area contributed by atoms with Crippen LogP contribution in [0.5, 0.6) is 0 Å². The van der Waals surface area contributed by atoms with Crippen molar-refractivity contribution in [2.24, 2.45) is 0 Å². The molecule has 118 valence electrons. The first-order valence-electron chi connectivity index (χ1n) is 7.53. The molecule has 0 spiro atoms. The number of carbonyl (C=O) groups is 2. The van der Waals surface area contributed by atoms with Crippen LogP contribution < -0.4 is 5.32 Å². The lowest BCUT2D eigenvalue weighted by Crippen LogP contribution is -2.40. The number of rotatable bonds is 8. The molecule has 1 heterocycles. The molecule has 6 nitrogen and oxygen atoms in total. The summed E-state index contributed by atoms with van der Waals surface area (Å²) in [5.74, 6) is -1.37. The Morgan fingerprint density at radius 1 is 1.33 bits per heavy atom. The molecule has 2 N–H and O–H groups in total. The zero-order valence-corrected chi connectivity index (χ0v) is 13.2. The van der Waals surface area contributed by atoms with Crippen molar-refractivity contribution in [2.45, 2.75) is 65.5 Å². The average molecular weight is 295 g/mol. The highest BCUT2D eigenvalue weighted by atomic mass is 16.4. The molecular formula is C15H25N3O3. The Bertz CT molecular complexity index is 492. The molecule has 0 bridgehead atoms. The maximum atomic E-state index is 12.2. The van der Waals surface area contributed by atoms with Gasteiger partial charge in [0.05, 0.1) is 17.8 Å². The maximum absolute atomic E-state index is 12.2.